The van der Waals surface area contributed by atoms with E-state index < -0.39 is 29.1 Å². The van der Waals surface area contributed by atoms with Crippen LogP contribution in [0.4, 0.5) is 4.39 Å². The van der Waals surface area contributed by atoms with Crippen molar-refractivity contribution in [1.82, 2.24) is 0 Å². The van der Waals surface area contributed by atoms with E-state index in [4.69, 9.17) is 10.8 Å². The molecule has 0 amide bonds. The molecule has 0 aromatic heterocycles. The highest BCUT2D eigenvalue weighted by Crippen LogP contribution is 2.37. The first-order chi connectivity index (χ1) is 9.00. The topological polar surface area (TPSA) is 83.6 Å². The van der Waals surface area contributed by atoms with Crippen LogP contribution in [0.15, 0.2) is 12.1 Å². The Hall–Kier alpha value is -1.33. The summed E-state index contributed by atoms with van der Waals surface area (Å²) in [5.41, 5.74) is 5.86. The first-order valence-electron chi connectivity index (χ1n) is 6.52. The number of hydrogen-bond donors (Lipinski definition) is 3. The number of carboxylic acids is 1. The van der Waals surface area contributed by atoms with Crippen LogP contribution in [-0.4, -0.2) is 16.2 Å². The van der Waals surface area contributed by atoms with E-state index in [2.05, 4.69) is 0 Å². The van der Waals surface area contributed by atoms with E-state index in [1.54, 1.807) is 0 Å². The number of benzene rings is 1. The van der Waals surface area contributed by atoms with Crippen molar-refractivity contribution in [3.8, 4) is 5.75 Å². The van der Waals surface area contributed by atoms with Crippen molar-refractivity contribution in [2.45, 2.75) is 38.1 Å². The van der Waals surface area contributed by atoms with E-state index in [1.807, 2.05) is 0 Å². The van der Waals surface area contributed by atoms with Crippen molar-refractivity contribution in [2.75, 3.05) is 0 Å². The number of hydrogen-bond acceptors (Lipinski definition) is 3. The van der Waals surface area contributed by atoms with E-state index in [-0.39, 0.29) is 23.9 Å². The zero-order valence-electron chi connectivity index (χ0n) is 11.0. The summed E-state index contributed by atoms with van der Waals surface area (Å²) >= 11 is 0. The van der Waals surface area contributed by atoms with Crippen molar-refractivity contribution in [3.63, 3.8) is 0 Å². The van der Waals surface area contributed by atoms with Crippen LogP contribution in [0.2, 0.25) is 0 Å². The fourth-order valence-electron chi connectivity index (χ4n) is 2.78. The monoisotopic (exact) mass is 303 g/mol. The molecule has 0 radical (unpaired) electrons. The van der Waals surface area contributed by atoms with Gasteiger partial charge in [0.25, 0.3) is 0 Å². The molecule has 4 N–H and O–H groups in total. The van der Waals surface area contributed by atoms with Gasteiger partial charge in [-0.3, -0.25) is 0 Å². The molecule has 1 saturated carbocycles. The van der Waals surface area contributed by atoms with E-state index in [0.29, 0.717) is 0 Å². The summed E-state index contributed by atoms with van der Waals surface area (Å²) in [5.74, 6) is -2.28. The summed E-state index contributed by atoms with van der Waals surface area (Å²) in [5, 5.41) is 18.9. The molecule has 20 heavy (non-hydrogen) atoms. The zero-order chi connectivity index (χ0) is 14.0. The molecular weight excluding hydrogens is 285 g/mol. The van der Waals surface area contributed by atoms with E-state index in [0.717, 1.165) is 37.8 Å². The minimum atomic E-state index is -1.35. The Balaban J connectivity index is 0.00000200. The molecule has 4 nitrogen and oxygen atoms in total. The summed E-state index contributed by atoms with van der Waals surface area (Å²) < 4.78 is 13.5. The Labute approximate surface area is 123 Å². The number of carboxylic acid groups (broad SMARTS) is 1. The van der Waals surface area contributed by atoms with Gasteiger partial charge in [0.15, 0.2) is 0 Å². The number of nitrogens with two attached hydrogens (primary N) is 1. The van der Waals surface area contributed by atoms with E-state index in [9.17, 15) is 14.3 Å². The Morgan fingerprint density at radius 1 is 1.30 bits per heavy atom. The van der Waals surface area contributed by atoms with Gasteiger partial charge in [-0.1, -0.05) is 19.3 Å². The number of aromatic hydroxyl groups is 1. The quantitative estimate of drug-likeness (QED) is 0.800. The second-order valence-electron chi connectivity index (χ2n) is 5.12. The SMILES string of the molecule is Cl.N[C@H](c1cc(F)cc(C(=O)O)c1O)C1CCCCC1. The molecule has 1 aromatic carbocycles. The van der Waals surface area contributed by atoms with Gasteiger partial charge in [0.05, 0.1) is 0 Å². The van der Waals surface area contributed by atoms with Crippen molar-refractivity contribution >= 4 is 18.4 Å². The third-order valence-corrected chi connectivity index (χ3v) is 3.85. The van der Waals surface area contributed by atoms with E-state index in [1.165, 1.54) is 6.42 Å². The fraction of sp³-hybridized carbons (Fsp3) is 0.500. The molecular formula is C14H19ClFNO3. The lowest BCUT2D eigenvalue weighted by atomic mass is 9.81. The average Bonchev–Trinajstić information content (AvgIpc) is 2.41. The normalized spacial score (nSPS) is 17.3. The highest BCUT2D eigenvalue weighted by atomic mass is 35.5. The van der Waals surface area contributed by atoms with E-state index >= 15 is 0 Å². The van der Waals surface area contributed by atoms with Crippen LogP contribution in [0.3, 0.4) is 0 Å². The highest BCUT2D eigenvalue weighted by Gasteiger charge is 2.26. The first kappa shape index (κ1) is 16.7. The van der Waals surface area contributed by atoms with Crippen LogP contribution in [0, 0.1) is 11.7 Å². The van der Waals surface area contributed by atoms with Gasteiger partial charge in [-0.25, -0.2) is 9.18 Å². The molecule has 0 spiro atoms. The summed E-state index contributed by atoms with van der Waals surface area (Å²) in [7, 11) is 0. The smallest absolute Gasteiger partial charge is 0.339 e. The molecule has 0 unspecified atom stereocenters. The molecule has 0 aliphatic heterocycles. The van der Waals surface area contributed by atoms with Crippen LogP contribution >= 0.6 is 12.4 Å². The van der Waals surface area contributed by atoms with Crippen LogP contribution in [0.25, 0.3) is 0 Å². The van der Waals surface area contributed by atoms with Crippen molar-refractivity contribution in [2.24, 2.45) is 11.7 Å². The summed E-state index contributed by atoms with van der Waals surface area (Å²) in [6, 6.07) is 1.43. The second kappa shape index (κ2) is 6.90. The van der Waals surface area contributed by atoms with Crippen molar-refractivity contribution in [1.29, 1.82) is 0 Å². The standard InChI is InChI=1S/C14H18FNO3.ClH/c15-9-6-10(13(17)11(7-9)14(18)19)12(16)8-4-2-1-3-5-8;/h6-8,12,17H,1-5,16H2,(H,18,19);1H/t12-;/m0./s1. The minimum absolute atomic E-state index is 0. The predicted molar refractivity (Wildman–Crippen MR) is 75.8 cm³/mol. The van der Waals surface area contributed by atoms with Crippen LogP contribution < -0.4 is 5.73 Å². The Kier molecular flexibility index (Phi) is 5.77. The molecule has 6 heteroatoms. The third-order valence-electron chi connectivity index (χ3n) is 3.85. The lowest BCUT2D eigenvalue weighted by Crippen LogP contribution is -2.24. The summed E-state index contributed by atoms with van der Waals surface area (Å²) in [6.45, 7) is 0. The Bertz CT molecular complexity index is 490. The molecule has 1 aromatic rings. The van der Waals surface area contributed by atoms with Gasteiger partial charge in [-0.2, -0.15) is 0 Å². The molecule has 0 bridgehead atoms. The minimum Gasteiger partial charge on any atom is -0.507 e. The number of halogens is 2. The van der Waals surface area contributed by atoms with Gasteiger partial charge in [0.1, 0.15) is 17.1 Å². The molecule has 112 valence electrons. The van der Waals surface area contributed by atoms with Crippen LogP contribution in [0.5, 0.6) is 5.75 Å². The Morgan fingerprint density at radius 2 is 1.90 bits per heavy atom. The van der Waals surface area contributed by atoms with Crippen molar-refractivity contribution in [3.05, 3.63) is 29.1 Å². The second-order valence-corrected chi connectivity index (χ2v) is 5.12. The van der Waals surface area contributed by atoms with Crippen LogP contribution in [0.1, 0.15) is 54.1 Å². The maximum atomic E-state index is 13.5. The zero-order valence-corrected chi connectivity index (χ0v) is 11.8. The van der Waals surface area contributed by atoms with Gasteiger partial charge in [0, 0.05) is 11.6 Å². The fourth-order valence-corrected chi connectivity index (χ4v) is 2.78. The molecule has 1 aliphatic carbocycles. The highest BCUT2D eigenvalue weighted by molar-refractivity contribution is 5.91. The first-order valence-corrected chi connectivity index (χ1v) is 6.52. The van der Waals surface area contributed by atoms with Gasteiger partial charge in [-0.15, -0.1) is 12.4 Å². The average molecular weight is 304 g/mol. The lowest BCUT2D eigenvalue weighted by molar-refractivity contribution is 0.0692. The lowest BCUT2D eigenvalue weighted by Gasteiger charge is -2.28. The molecule has 1 atom stereocenters. The predicted octanol–water partition coefficient (Wildman–Crippen LogP) is 3.23. The summed E-state index contributed by atoms with van der Waals surface area (Å²) in [6.07, 6.45) is 5.16. The van der Waals surface area contributed by atoms with Gasteiger partial charge < -0.3 is 15.9 Å². The molecule has 0 heterocycles. The van der Waals surface area contributed by atoms with Gasteiger partial charge in [-0.05, 0) is 30.9 Å². The Morgan fingerprint density at radius 3 is 2.45 bits per heavy atom. The summed E-state index contributed by atoms with van der Waals surface area (Å²) in [4.78, 5) is 11.0. The number of carbonyl (C=O) groups is 1. The van der Waals surface area contributed by atoms with Gasteiger partial charge >= 0.3 is 5.97 Å². The third kappa shape index (κ3) is 3.41. The van der Waals surface area contributed by atoms with Gasteiger partial charge in [0.2, 0.25) is 0 Å². The number of rotatable bonds is 3. The molecule has 1 aliphatic rings. The molecule has 2 rings (SSSR count). The largest absolute Gasteiger partial charge is 0.507 e. The maximum Gasteiger partial charge on any atom is 0.339 e. The number of aromatic carboxylic acids is 1. The van der Waals surface area contributed by atoms with Crippen molar-refractivity contribution < 1.29 is 19.4 Å². The number of phenols is 1. The molecule has 0 saturated heterocycles. The van der Waals surface area contributed by atoms with Crippen LogP contribution in [-0.2, 0) is 0 Å². The molecule has 1 fully saturated rings. The maximum absolute atomic E-state index is 13.5.